The number of rotatable bonds is 3. The largest absolute Gasteiger partial charge is 0.314 e. The first kappa shape index (κ1) is 13.4. The van der Waals surface area contributed by atoms with E-state index in [-0.39, 0.29) is 0 Å². The average molecular weight is 302 g/mol. The molecule has 0 bridgehead atoms. The molecule has 0 aliphatic carbocycles. The van der Waals surface area contributed by atoms with E-state index in [9.17, 15) is 0 Å². The van der Waals surface area contributed by atoms with Crippen molar-refractivity contribution in [2.45, 2.75) is 0 Å². The van der Waals surface area contributed by atoms with Crippen molar-refractivity contribution in [3.05, 3.63) is 67.1 Å². The fraction of sp³-hybridized carbons (Fsp3) is 0.0588. The van der Waals surface area contributed by atoms with Gasteiger partial charge in [-0.3, -0.25) is 0 Å². The third-order valence-corrected chi connectivity index (χ3v) is 3.67. The molecule has 0 amide bonds. The van der Waals surface area contributed by atoms with Gasteiger partial charge < -0.3 is 4.90 Å². The fourth-order valence-corrected chi connectivity index (χ4v) is 2.46. The van der Waals surface area contributed by atoms with E-state index in [2.05, 4.69) is 20.2 Å². The monoisotopic (exact) mass is 302 g/mol. The van der Waals surface area contributed by atoms with Gasteiger partial charge >= 0.3 is 0 Å². The normalized spacial score (nSPS) is 10.8. The van der Waals surface area contributed by atoms with E-state index < -0.39 is 0 Å². The Labute approximate surface area is 133 Å². The second-order valence-corrected chi connectivity index (χ2v) is 5.09. The molecule has 23 heavy (non-hydrogen) atoms. The lowest BCUT2D eigenvalue weighted by atomic mass is 10.2. The van der Waals surface area contributed by atoms with Crippen LogP contribution in [0.2, 0.25) is 0 Å². The zero-order chi connectivity index (χ0) is 15.6. The minimum atomic E-state index is 0.636. The zero-order valence-corrected chi connectivity index (χ0v) is 12.5. The van der Waals surface area contributed by atoms with E-state index in [4.69, 9.17) is 0 Å². The maximum Gasteiger partial charge on any atom is 0.230 e. The van der Waals surface area contributed by atoms with Gasteiger partial charge in [0.2, 0.25) is 5.95 Å². The number of nitrogens with zero attached hydrogens (tertiary/aromatic N) is 6. The van der Waals surface area contributed by atoms with Crippen molar-refractivity contribution >= 4 is 17.2 Å². The maximum atomic E-state index is 4.68. The third-order valence-electron chi connectivity index (χ3n) is 3.67. The first-order valence-electron chi connectivity index (χ1n) is 7.24. The summed E-state index contributed by atoms with van der Waals surface area (Å²) >= 11 is 0. The Bertz CT molecular complexity index is 947. The number of hydrogen-bond acceptors (Lipinski definition) is 5. The Morgan fingerprint density at radius 2 is 1.78 bits per heavy atom. The van der Waals surface area contributed by atoms with Gasteiger partial charge in [-0.25, -0.2) is 9.97 Å². The van der Waals surface area contributed by atoms with E-state index in [1.807, 2.05) is 60.5 Å². The summed E-state index contributed by atoms with van der Waals surface area (Å²) in [6.45, 7) is 0. The summed E-state index contributed by atoms with van der Waals surface area (Å²) in [5.41, 5.74) is 3.70. The lowest BCUT2D eigenvalue weighted by Crippen LogP contribution is -2.13. The van der Waals surface area contributed by atoms with Crippen LogP contribution in [0, 0.1) is 0 Å². The molecule has 0 radical (unpaired) electrons. The van der Waals surface area contributed by atoms with Gasteiger partial charge in [-0.05, 0) is 30.3 Å². The molecule has 112 valence electrons. The van der Waals surface area contributed by atoms with Crippen molar-refractivity contribution in [1.82, 2.24) is 24.8 Å². The highest BCUT2D eigenvalue weighted by Crippen LogP contribution is 2.25. The molecule has 0 fully saturated rings. The van der Waals surface area contributed by atoms with Crippen molar-refractivity contribution in [1.29, 1.82) is 0 Å². The number of anilines is 2. The van der Waals surface area contributed by atoms with Crippen molar-refractivity contribution in [3.63, 3.8) is 0 Å². The molecule has 0 atom stereocenters. The summed E-state index contributed by atoms with van der Waals surface area (Å²) in [6.07, 6.45) is 5.24. The first-order chi connectivity index (χ1) is 11.3. The molecular weight excluding hydrogens is 288 g/mol. The van der Waals surface area contributed by atoms with Crippen LogP contribution in [0.5, 0.6) is 0 Å². The van der Waals surface area contributed by atoms with Gasteiger partial charge in [0.15, 0.2) is 0 Å². The lowest BCUT2D eigenvalue weighted by Gasteiger charge is -2.17. The summed E-state index contributed by atoms with van der Waals surface area (Å²) < 4.78 is 1.60. The molecule has 4 rings (SSSR count). The highest BCUT2D eigenvalue weighted by Gasteiger charge is 2.12. The third kappa shape index (κ3) is 2.40. The van der Waals surface area contributed by atoms with E-state index in [1.54, 1.807) is 23.2 Å². The van der Waals surface area contributed by atoms with E-state index in [1.165, 1.54) is 0 Å². The SMILES string of the molecule is CN(c1ccccc1)c1nccc(-c2cnn3ncccc23)n1. The Morgan fingerprint density at radius 3 is 2.65 bits per heavy atom. The smallest absolute Gasteiger partial charge is 0.230 e. The molecule has 4 aromatic rings. The molecule has 6 heteroatoms. The summed E-state index contributed by atoms with van der Waals surface area (Å²) in [4.78, 5) is 11.0. The Morgan fingerprint density at radius 1 is 0.913 bits per heavy atom. The minimum absolute atomic E-state index is 0.636. The van der Waals surface area contributed by atoms with Gasteiger partial charge in [0.25, 0.3) is 0 Å². The molecule has 1 aromatic carbocycles. The van der Waals surface area contributed by atoms with Crippen molar-refractivity contribution < 1.29 is 0 Å². The van der Waals surface area contributed by atoms with Crippen molar-refractivity contribution in [3.8, 4) is 11.3 Å². The summed E-state index contributed by atoms with van der Waals surface area (Å²) in [7, 11) is 1.95. The summed E-state index contributed by atoms with van der Waals surface area (Å²) in [5, 5.41) is 8.44. The molecule has 6 nitrogen and oxygen atoms in total. The van der Waals surface area contributed by atoms with Crippen LogP contribution in [0.3, 0.4) is 0 Å². The first-order valence-corrected chi connectivity index (χ1v) is 7.24. The molecule has 0 spiro atoms. The van der Waals surface area contributed by atoms with E-state index in [0.29, 0.717) is 5.95 Å². The van der Waals surface area contributed by atoms with Crippen LogP contribution in [-0.4, -0.2) is 31.8 Å². The molecule has 0 unspecified atom stereocenters. The van der Waals surface area contributed by atoms with Gasteiger partial charge in [-0.2, -0.15) is 14.8 Å². The van der Waals surface area contributed by atoms with Crippen LogP contribution in [0.1, 0.15) is 0 Å². The second kappa shape index (κ2) is 5.49. The van der Waals surface area contributed by atoms with Gasteiger partial charge in [0.1, 0.15) is 0 Å². The van der Waals surface area contributed by atoms with Gasteiger partial charge in [0.05, 0.1) is 17.4 Å². The topological polar surface area (TPSA) is 59.2 Å². The quantitative estimate of drug-likeness (QED) is 0.582. The molecule has 0 saturated carbocycles. The van der Waals surface area contributed by atoms with E-state index in [0.717, 1.165) is 22.5 Å². The van der Waals surface area contributed by atoms with Crippen LogP contribution >= 0.6 is 0 Å². The standard InChI is InChI=1S/C17H14N6/c1-22(13-6-3-2-4-7-13)17-18-11-9-15(21-17)14-12-20-23-16(14)8-5-10-19-23/h2-12H,1H3. The van der Waals surface area contributed by atoms with Gasteiger partial charge in [-0.1, -0.05) is 18.2 Å². The lowest BCUT2D eigenvalue weighted by molar-refractivity contribution is 0.800. The highest BCUT2D eigenvalue weighted by atomic mass is 15.4. The highest BCUT2D eigenvalue weighted by molar-refractivity contribution is 5.77. The predicted molar refractivity (Wildman–Crippen MR) is 88.5 cm³/mol. The second-order valence-electron chi connectivity index (χ2n) is 5.09. The summed E-state index contributed by atoms with van der Waals surface area (Å²) in [6, 6.07) is 15.8. The average Bonchev–Trinajstić information content (AvgIpc) is 3.06. The number of para-hydroxylation sites is 1. The van der Waals surface area contributed by atoms with Crippen LogP contribution < -0.4 is 4.90 Å². The number of fused-ring (bicyclic) bond motifs is 1. The van der Waals surface area contributed by atoms with Crippen LogP contribution in [0.25, 0.3) is 16.8 Å². The Hall–Kier alpha value is -3.28. The Kier molecular flexibility index (Phi) is 3.20. The van der Waals surface area contributed by atoms with Crippen LogP contribution in [0.15, 0.2) is 67.1 Å². The van der Waals surface area contributed by atoms with Crippen molar-refractivity contribution in [2.75, 3.05) is 11.9 Å². The van der Waals surface area contributed by atoms with Gasteiger partial charge in [0, 0.05) is 30.7 Å². The van der Waals surface area contributed by atoms with Gasteiger partial charge in [-0.15, -0.1) is 0 Å². The fourth-order valence-electron chi connectivity index (χ4n) is 2.46. The van der Waals surface area contributed by atoms with Crippen molar-refractivity contribution in [2.24, 2.45) is 0 Å². The Balaban J connectivity index is 1.77. The van der Waals surface area contributed by atoms with E-state index >= 15 is 0 Å². The maximum absolute atomic E-state index is 4.68. The number of aromatic nitrogens is 5. The zero-order valence-electron chi connectivity index (χ0n) is 12.5. The molecule has 3 heterocycles. The number of benzene rings is 1. The molecule has 0 aliphatic heterocycles. The molecule has 0 saturated heterocycles. The molecular formula is C17H14N6. The molecule has 0 aliphatic rings. The molecule has 3 aromatic heterocycles. The van der Waals surface area contributed by atoms with Crippen LogP contribution in [0.4, 0.5) is 11.6 Å². The van der Waals surface area contributed by atoms with Crippen LogP contribution in [-0.2, 0) is 0 Å². The predicted octanol–water partition coefficient (Wildman–Crippen LogP) is 2.95. The molecule has 0 N–H and O–H groups in total. The summed E-state index contributed by atoms with van der Waals surface area (Å²) in [5.74, 6) is 0.636. The number of hydrogen-bond donors (Lipinski definition) is 0. The minimum Gasteiger partial charge on any atom is -0.314 e.